The van der Waals surface area contributed by atoms with Gasteiger partial charge in [-0.25, -0.2) is 0 Å². The van der Waals surface area contributed by atoms with Crippen LogP contribution < -0.4 is 9.80 Å². The monoisotopic (exact) mass is 1080 g/mol. The van der Waals surface area contributed by atoms with Crippen molar-refractivity contribution in [1.29, 1.82) is 0 Å². The second-order valence-electron chi connectivity index (χ2n) is 25.2. The third kappa shape index (κ3) is 6.90. The number of furan rings is 3. The fourth-order valence-electron chi connectivity index (χ4n) is 14.4. The molecule has 12 aromatic carbocycles. The number of anilines is 6. The van der Waals surface area contributed by atoms with E-state index in [9.17, 15) is 0 Å². The third-order valence-corrected chi connectivity index (χ3v) is 18.4. The van der Waals surface area contributed by atoms with E-state index >= 15 is 0 Å². The summed E-state index contributed by atoms with van der Waals surface area (Å²) in [6.07, 6.45) is 0. The smallest absolute Gasteiger partial charge is 0.145 e. The van der Waals surface area contributed by atoms with Crippen LogP contribution in [0, 0.1) is 0 Å². The lowest BCUT2D eigenvalue weighted by Crippen LogP contribution is -2.26. The zero-order valence-electron chi connectivity index (χ0n) is 47.7. The predicted octanol–water partition coefficient (Wildman–Crippen LogP) is 22.4. The molecule has 402 valence electrons. The number of fused-ring (bicyclic) bond motifs is 22. The van der Waals surface area contributed by atoms with Crippen LogP contribution in [0.15, 0.2) is 256 Å². The number of rotatable bonds is 6. The summed E-state index contributed by atoms with van der Waals surface area (Å²) in [6, 6.07) is 89.5. The number of benzene rings is 12. The van der Waals surface area contributed by atoms with Crippen molar-refractivity contribution in [3.63, 3.8) is 0 Å². The van der Waals surface area contributed by atoms with Gasteiger partial charge in [-0.3, -0.25) is 0 Å². The molecule has 0 saturated carbocycles. The van der Waals surface area contributed by atoms with Crippen LogP contribution in [0.4, 0.5) is 34.1 Å². The summed E-state index contributed by atoms with van der Waals surface area (Å²) in [5.41, 5.74) is 22.5. The maximum Gasteiger partial charge on any atom is 0.145 e. The van der Waals surface area contributed by atoms with Crippen LogP contribution in [0.5, 0.6) is 0 Å². The van der Waals surface area contributed by atoms with Gasteiger partial charge in [0.25, 0.3) is 0 Å². The molecular weight excluding hydrogens is 1020 g/mol. The van der Waals surface area contributed by atoms with Crippen LogP contribution >= 0.6 is 0 Å². The van der Waals surface area contributed by atoms with Crippen molar-refractivity contribution < 1.29 is 13.3 Å². The maximum absolute atomic E-state index is 7.49. The minimum atomic E-state index is -0.812. The summed E-state index contributed by atoms with van der Waals surface area (Å²) in [7, 11) is 0. The van der Waals surface area contributed by atoms with E-state index in [0.29, 0.717) is 0 Å². The van der Waals surface area contributed by atoms with E-state index in [2.05, 4.69) is 282 Å². The highest BCUT2D eigenvalue weighted by molar-refractivity contribution is 6.21. The van der Waals surface area contributed by atoms with E-state index in [-0.39, 0.29) is 10.8 Å². The van der Waals surface area contributed by atoms with Crippen molar-refractivity contribution in [2.24, 2.45) is 0 Å². The molecule has 3 aromatic heterocycles. The molecule has 0 N–H and O–H groups in total. The first-order valence-electron chi connectivity index (χ1n) is 29.3. The van der Waals surface area contributed by atoms with E-state index in [1.54, 1.807) is 0 Å². The van der Waals surface area contributed by atoms with E-state index in [1.807, 2.05) is 12.1 Å². The Morgan fingerprint density at radius 2 is 0.786 bits per heavy atom. The Balaban J connectivity index is 0.988. The first kappa shape index (κ1) is 48.6. The highest BCUT2D eigenvalue weighted by Crippen LogP contribution is 2.67. The zero-order chi connectivity index (χ0) is 56.4. The van der Waals surface area contributed by atoms with Gasteiger partial charge in [0, 0.05) is 73.1 Å². The fraction of sp³-hybridized carbons (Fsp3) is 0.114. The lowest BCUT2D eigenvalue weighted by Gasteiger charge is -2.33. The van der Waals surface area contributed by atoms with Crippen LogP contribution in [0.2, 0.25) is 0 Å². The molecule has 0 radical (unpaired) electrons. The molecule has 2 aliphatic rings. The van der Waals surface area contributed by atoms with Gasteiger partial charge in [-0.05, 0) is 157 Å². The minimum Gasteiger partial charge on any atom is -0.456 e. The molecule has 0 bridgehead atoms. The number of nitrogens with zero attached hydrogens (tertiary/aromatic N) is 2. The predicted molar refractivity (Wildman–Crippen MR) is 349 cm³/mol. The Bertz CT molecular complexity index is 5230. The van der Waals surface area contributed by atoms with Gasteiger partial charge in [-0.2, -0.15) is 0 Å². The van der Waals surface area contributed by atoms with Crippen molar-refractivity contribution >= 4 is 111 Å². The topological polar surface area (TPSA) is 45.9 Å². The maximum atomic E-state index is 7.49. The van der Waals surface area contributed by atoms with Crippen molar-refractivity contribution in [3.05, 3.63) is 276 Å². The van der Waals surface area contributed by atoms with Gasteiger partial charge >= 0.3 is 0 Å². The van der Waals surface area contributed by atoms with Crippen molar-refractivity contribution in [3.8, 4) is 22.3 Å². The molecule has 1 spiro atoms. The summed E-state index contributed by atoms with van der Waals surface area (Å²) < 4.78 is 20.9. The summed E-state index contributed by atoms with van der Waals surface area (Å²) in [6.45, 7) is 13.7. The minimum absolute atomic E-state index is 0.0256. The van der Waals surface area contributed by atoms with E-state index in [1.165, 1.54) is 55.3 Å². The second kappa shape index (κ2) is 17.5. The molecule has 5 nitrogen and oxygen atoms in total. The first-order chi connectivity index (χ1) is 40.9. The largest absolute Gasteiger partial charge is 0.456 e. The van der Waals surface area contributed by atoms with E-state index < -0.39 is 5.41 Å². The molecule has 0 fully saturated rings. The molecule has 15 aromatic rings. The Kier molecular flexibility index (Phi) is 10.1. The quantitative estimate of drug-likeness (QED) is 0.166. The van der Waals surface area contributed by atoms with Crippen LogP contribution in [0.3, 0.4) is 0 Å². The molecule has 2 aliphatic carbocycles. The van der Waals surface area contributed by atoms with Crippen LogP contribution in [-0.4, -0.2) is 0 Å². The molecular formula is C79H58N2O3. The van der Waals surface area contributed by atoms with Crippen LogP contribution in [-0.2, 0) is 16.2 Å². The zero-order valence-corrected chi connectivity index (χ0v) is 47.7. The van der Waals surface area contributed by atoms with Gasteiger partial charge in [-0.1, -0.05) is 187 Å². The summed E-state index contributed by atoms with van der Waals surface area (Å²) in [5, 5.41) is 8.92. The second-order valence-corrected chi connectivity index (χ2v) is 25.2. The number of hydrogen-bond acceptors (Lipinski definition) is 5. The summed E-state index contributed by atoms with van der Waals surface area (Å²) in [4.78, 5) is 4.86. The molecule has 5 heteroatoms. The van der Waals surface area contributed by atoms with Crippen LogP contribution in [0.1, 0.15) is 74.9 Å². The summed E-state index contributed by atoms with van der Waals surface area (Å²) in [5.74, 6) is 0. The van der Waals surface area contributed by atoms with Gasteiger partial charge in [0.1, 0.15) is 33.5 Å². The van der Waals surface area contributed by atoms with Gasteiger partial charge in [0.05, 0.1) is 16.5 Å². The molecule has 3 heterocycles. The fourth-order valence-corrected chi connectivity index (χ4v) is 14.4. The Morgan fingerprint density at radius 3 is 1.42 bits per heavy atom. The molecule has 1 atom stereocenters. The lowest BCUT2D eigenvalue weighted by molar-refractivity contribution is 0.590. The molecule has 0 aliphatic heterocycles. The lowest BCUT2D eigenvalue weighted by atomic mass is 9.70. The molecule has 0 saturated heterocycles. The van der Waals surface area contributed by atoms with Gasteiger partial charge in [0.2, 0.25) is 0 Å². The molecule has 17 rings (SSSR count). The first-order valence-corrected chi connectivity index (χ1v) is 29.3. The van der Waals surface area contributed by atoms with Gasteiger partial charge < -0.3 is 23.1 Å². The van der Waals surface area contributed by atoms with Crippen molar-refractivity contribution in [1.82, 2.24) is 0 Å². The number of para-hydroxylation sites is 3. The Hall–Kier alpha value is -10.1. The van der Waals surface area contributed by atoms with Crippen LogP contribution in [0.25, 0.3) is 98.8 Å². The van der Waals surface area contributed by atoms with Gasteiger partial charge in [-0.15, -0.1) is 0 Å². The SMILES string of the molecule is CC(C)(C)c1ccc(N(c2ccc3c(c2)C2(c4ccccc4-c4c2ccc2ccccc42)c2cc(N(c4ccc(C(C)(C)C)cc4)c4ccc5c(c4)oc4ccccc45)c4c(oc5ccccc54)c2-3)c2ccc3c(c2)oc2ccccc23)cc1. The van der Waals surface area contributed by atoms with E-state index in [0.717, 1.165) is 111 Å². The average molecular weight is 1080 g/mol. The molecule has 84 heavy (non-hydrogen) atoms. The Labute approximate surface area is 487 Å². The highest BCUT2D eigenvalue weighted by Gasteiger charge is 2.54. The van der Waals surface area contributed by atoms with Crippen molar-refractivity contribution in [2.75, 3.05) is 9.80 Å². The highest BCUT2D eigenvalue weighted by atomic mass is 16.3. The molecule has 0 amide bonds. The standard InChI is InChI=1S/C79H58N2O3/c1-77(2,3)48-28-32-50(33-29-48)80(53-36-39-58-56-19-10-14-24-68(56)82-71(58)44-53)52-38-41-61-65(43-52)79(63-23-13-9-21-60(63)73-55-18-8-7-17-47(55)27-42-64(73)79)66-46-67(75-62-22-12-16-26-70(62)84-76(75)74(61)66)81(51-34-30-49(31-35-51)78(4,5)6)54-37-40-59-57-20-11-15-25-69(57)83-72(59)45-54/h7-46H,1-6H3. The average Bonchev–Trinajstić information content (AvgIpc) is 1.52. The third-order valence-electron chi connectivity index (χ3n) is 18.4. The summed E-state index contributed by atoms with van der Waals surface area (Å²) >= 11 is 0. The Morgan fingerprint density at radius 1 is 0.310 bits per heavy atom. The molecule has 1 unspecified atom stereocenters. The van der Waals surface area contributed by atoms with Gasteiger partial charge in [0.15, 0.2) is 0 Å². The van der Waals surface area contributed by atoms with E-state index in [4.69, 9.17) is 13.3 Å². The number of hydrogen-bond donors (Lipinski definition) is 0. The van der Waals surface area contributed by atoms with Crippen molar-refractivity contribution in [2.45, 2.75) is 57.8 Å². The normalized spacial score (nSPS) is 14.6.